The Balaban J connectivity index is 2.31. The molecular weight excluding hydrogens is 260 g/mol. The summed E-state index contributed by atoms with van der Waals surface area (Å²) in [4.78, 5) is 0.255. The second-order valence-electron chi connectivity index (χ2n) is 4.33. The van der Waals surface area contributed by atoms with Crippen molar-refractivity contribution in [1.29, 1.82) is 0 Å². The Hall–Kier alpha value is -1.85. The highest BCUT2D eigenvalue weighted by molar-refractivity contribution is 7.92. The van der Waals surface area contributed by atoms with Crippen molar-refractivity contribution < 1.29 is 8.42 Å². The molecule has 0 bridgehead atoms. The number of hydrogen-bond acceptors (Lipinski definition) is 3. The van der Waals surface area contributed by atoms with Crippen molar-refractivity contribution in [2.75, 3.05) is 4.72 Å². The van der Waals surface area contributed by atoms with Gasteiger partial charge >= 0.3 is 0 Å². The van der Waals surface area contributed by atoms with Crippen LogP contribution in [0.4, 0.5) is 5.69 Å². The van der Waals surface area contributed by atoms with Crippen LogP contribution in [0, 0.1) is 6.92 Å². The van der Waals surface area contributed by atoms with Crippen LogP contribution in [-0.2, 0) is 16.6 Å². The van der Waals surface area contributed by atoms with Gasteiger partial charge in [0.25, 0.3) is 10.0 Å². The number of hydrogen-bond donors (Lipinski definition) is 2. The standard InChI is InChI=1S/C14H16N2O2S/c1-11-4-2-7-14(8-11)19(17,18)16-13-6-3-5-12(9-13)10-15/h2-9,16H,10,15H2,1H3. The van der Waals surface area contributed by atoms with Gasteiger partial charge in [-0.15, -0.1) is 0 Å². The molecule has 2 aromatic carbocycles. The Morgan fingerprint density at radius 1 is 1.11 bits per heavy atom. The predicted octanol–water partition coefficient (Wildman–Crippen LogP) is 2.25. The zero-order valence-electron chi connectivity index (χ0n) is 10.6. The molecule has 0 aromatic heterocycles. The number of benzene rings is 2. The second kappa shape index (κ2) is 5.42. The highest BCUT2D eigenvalue weighted by Gasteiger charge is 2.14. The van der Waals surface area contributed by atoms with Crippen LogP contribution in [0.3, 0.4) is 0 Å². The number of aryl methyl sites for hydroxylation is 1. The van der Waals surface area contributed by atoms with E-state index in [1.165, 1.54) is 0 Å². The minimum Gasteiger partial charge on any atom is -0.326 e. The minimum absolute atomic E-state index is 0.255. The van der Waals surface area contributed by atoms with Crippen molar-refractivity contribution in [3.05, 3.63) is 59.7 Å². The summed E-state index contributed by atoms with van der Waals surface area (Å²) < 4.78 is 27.0. The van der Waals surface area contributed by atoms with Crippen molar-refractivity contribution in [1.82, 2.24) is 0 Å². The van der Waals surface area contributed by atoms with E-state index >= 15 is 0 Å². The molecule has 0 atom stereocenters. The summed E-state index contributed by atoms with van der Waals surface area (Å²) in [5, 5.41) is 0. The Labute approximate surface area is 113 Å². The van der Waals surface area contributed by atoms with Gasteiger partial charge in [-0.1, -0.05) is 24.3 Å². The summed E-state index contributed by atoms with van der Waals surface area (Å²) in [6.07, 6.45) is 0. The van der Waals surface area contributed by atoms with Crippen LogP contribution in [0.5, 0.6) is 0 Å². The molecule has 2 rings (SSSR count). The van der Waals surface area contributed by atoms with Gasteiger partial charge < -0.3 is 5.73 Å². The maximum atomic E-state index is 12.2. The average molecular weight is 276 g/mol. The quantitative estimate of drug-likeness (QED) is 0.899. The molecule has 2 aromatic rings. The molecule has 0 aliphatic heterocycles. The van der Waals surface area contributed by atoms with Crippen molar-refractivity contribution in [2.45, 2.75) is 18.4 Å². The smallest absolute Gasteiger partial charge is 0.261 e. The molecule has 0 saturated carbocycles. The normalized spacial score (nSPS) is 11.3. The van der Waals surface area contributed by atoms with Gasteiger partial charge in [-0.25, -0.2) is 8.42 Å². The Morgan fingerprint density at radius 2 is 1.84 bits per heavy atom. The largest absolute Gasteiger partial charge is 0.326 e. The monoisotopic (exact) mass is 276 g/mol. The molecule has 0 radical (unpaired) electrons. The fourth-order valence-corrected chi connectivity index (χ4v) is 2.91. The fraction of sp³-hybridized carbons (Fsp3) is 0.143. The van der Waals surface area contributed by atoms with Crippen molar-refractivity contribution in [2.24, 2.45) is 5.73 Å². The van der Waals surface area contributed by atoms with Gasteiger partial charge in [0.1, 0.15) is 0 Å². The van der Waals surface area contributed by atoms with Crippen LogP contribution >= 0.6 is 0 Å². The molecule has 100 valence electrons. The first-order valence-electron chi connectivity index (χ1n) is 5.90. The number of rotatable bonds is 4. The first-order chi connectivity index (χ1) is 9.01. The number of nitrogens with one attached hydrogen (secondary N) is 1. The zero-order valence-corrected chi connectivity index (χ0v) is 11.4. The molecule has 4 nitrogen and oxygen atoms in total. The first kappa shape index (κ1) is 13.6. The number of sulfonamides is 1. The third-order valence-electron chi connectivity index (χ3n) is 2.71. The lowest BCUT2D eigenvalue weighted by atomic mass is 10.2. The van der Waals surface area contributed by atoms with Gasteiger partial charge in [0.05, 0.1) is 4.90 Å². The summed E-state index contributed by atoms with van der Waals surface area (Å²) in [6, 6.07) is 13.8. The molecule has 0 heterocycles. The van der Waals surface area contributed by atoms with E-state index in [1.807, 2.05) is 19.1 Å². The summed E-state index contributed by atoms with van der Waals surface area (Å²) in [5.41, 5.74) is 7.83. The number of anilines is 1. The van der Waals surface area contributed by atoms with E-state index in [2.05, 4.69) is 4.72 Å². The molecule has 19 heavy (non-hydrogen) atoms. The van der Waals surface area contributed by atoms with Crippen LogP contribution < -0.4 is 10.5 Å². The lowest BCUT2D eigenvalue weighted by Gasteiger charge is -2.09. The molecule has 0 saturated heterocycles. The van der Waals surface area contributed by atoms with Gasteiger partial charge in [0.2, 0.25) is 0 Å². The summed E-state index contributed by atoms with van der Waals surface area (Å²) >= 11 is 0. The van der Waals surface area contributed by atoms with Crippen molar-refractivity contribution >= 4 is 15.7 Å². The van der Waals surface area contributed by atoms with E-state index in [1.54, 1.807) is 36.4 Å². The molecule has 0 amide bonds. The predicted molar refractivity (Wildman–Crippen MR) is 76.3 cm³/mol. The van der Waals surface area contributed by atoms with Crippen LogP contribution in [0.15, 0.2) is 53.4 Å². The van der Waals surface area contributed by atoms with E-state index in [0.717, 1.165) is 11.1 Å². The van der Waals surface area contributed by atoms with Gasteiger partial charge in [-0.05, 0) is 42.3 Å². The Kier molecular flexibility index (Phi) is 3.87. The highest BCUT2D eigenvalue weighted by atomic mass is 32.2. The Morgan fingerprint density at radius 3 is 2.53 bits per heavy atom. The SMILES string of the molecule is Cc1cccc(S(=O)(=O)Nc2cccc(CN)c2)c1. The van der Waals surface area contributed by atoms with Crippen molar-refractivity contribution in [3.63, 3.8) is 0 Å². The maximum Gasteiger partial charge on any atom is 0.261 e. The van der Waals surface area contributed by atoms with Crippen LogP contribution in [0.2, 0.25) is 0 Å². The molecule has 3 N–H and O–H groups in total. The lowest BCUT2D eigenvalue weighted by molar-refractivity contribution is 0.601. The minimum atomic E-state index is -3.55. The molecule has 0 unspecified atom stereocenters. The Bertz CT molecular complexity index is 681. The summed E-state index contributed by atoms with van der Waals surface area (Å²) in [7, 11) is -3.55. The summed E-state index contributed by atoms with van der Waals surface area (Å²) in [5.74, 6) is 0. The van der Waals surface area contributed by atoms with E-state index in [-0.39, 0.29) is 4.90 Å². The average Bonchev–Trinajstić information content (AvgIpc) is 2.38. The van der Waals surface area contributed by atoms with Gasteiger partial charge in [-0.2, -0.15) is 0 Å². The topological polar surface area (TPSA) is 72.2 Å². The van der Waals surface area contributed by atoms with Crippen LogP contribution in [0.1, 0.15) is 11.1 Å². The molecular formula is C14H16N2O2S. The molecule has 0 aliphatic carbocycles. The van der Waals surface area contributed by atoms with E-state index in [4.69, 9.17) is 5.73 Å². The second-order valence-corrected chi connectivity index (χ2v) is 6.01. The van der Waals surface area contributed by atoms with Gasteiger partial charge in [-0.3, -0.25) is 4.72 Å². The molecule has 0 aliphatic rings. The van der Waals surface area contributed by atoms with E-state index in [0.29, 0.717) is 12.2 Å². The van der Waals surface area contributed by atoms with E-state index < -0.39 is 10.0 Å². The molecule has 0 fully saturated rings. The highest BCUT2D eigenvalue weighted by Crippen LogP contribution is 2.17. The lowest BCUT2D eigenvalue weighted by Crippen LogP contribution is -2.13. The molecule has 5 heteroatoms. The maximum absolute atomic E-state index is 12.2. The molecule has 0 spiro atoms. The van der Waals surface area contributed by atoms with Crippen molar-refractivity contribution in [3.8, 4) is 0 Å². The first-order valence-corrected chi connectivity index (χ1v) is 7.38. The van der Waals surface area contributed by atoms with Crippen LogP contribution in [0.25, 0.3) is 0 Å². The zero-order chi connectivity index (χ0) is 13.9. The van der Waals surface area contributed by atoms with Gasteiger partial charge in [0.15, 0.2) is 0 Å². The third-order valence-corrected chi connectivity index (χ3v) is 4.09. The number of nitrogens with two attached hydrogens (primary N) is 1. The van der Waals surface area contributed by atoms with E-state index in [9.17, 15) is 8.42 Å². The fourth-order valence-electron chi connectivity index (χ4n) is 1.76. The summed E-state index contributed by atoms with van der Waals surface area (Å²) in [6.45, 7) is 2.23. The third kappa shape index (κ3) is 3.33. The van der Waals surface area contributed by atoms with Gasteiger partial charge in [0, 0.05) is 12.2 Å². The van der Waals surface area contributed by atoms with Crippen LogP contribution in [-0.4, -0.2) is 8.42 Å².